The SMILES string of the molecule is CCCC(=O)OC1=C(c2cc(C)c(C)cc2C)C(=O)NC12CCC(OCC)CC2. The number of aryl methyl sites for hydroxylation is 3. The second kappa shape index (κ2) is 8.70. The van der Waals surface area contributed by atoms with Crippen LogP contribution in [0.5, 0.6) is 0 Å². The molecule has 2 aliphatic rings. The van der Waals surface area contributed by atoms with E-state index in [2.05, 4.69) is 18.3 Å². The third-order valence-electron chi connectivity index (χ3n) is 6.21. The van der Waals surface area contributed by atoms with Crippen LogP contribution in [0.1, 0.15) is 74.6 Å². The highest BCUT2D eigenvalue weighted by Crippen LogP contribution is 2.44. The van der Waals surface area contributed by atoms with Gasteiger partial charge in [0.15, 0.2) is 0 Å². The predicted octanol–water partition coefficient (Wildman–Crippen LogP) is 4.51. The number of nitrogens with one attached hydrogen (secondary N) is 1. The third-order valence-corrected chi connectivity index (χ3v) is 6.21. The van der Waals surface area contributed by atoms with Crippen LogP contribution in [-0.4, -0.2) is 30.1 Å². The Kier molecular flexibility index (Phi) is 6.47. The average Bonchev–Trinajstić information content (AvgIpc) is 2.92. The first-order chi connectivity index (χ1) is 13.8. The van der Waals surface area contributed by atoms with Crippen molar-refractivity contribution in [1.82, 2.24) is 5.32 Å². The van der Waals surface area contributed by atoms with E-state index >= 15 is 0 Å². The first-order valence-electron chi connectivity index (χ1n) is 10.8. The fourth-order valence-corrected chi connectivity index (χ4v) is 4.51. The van der Waals surface area contributed by atoms with Crippen molar-refractivity contribution in [3.05, 3.63) is 40.1 Å². The number of amides is 1. The highest BCUT2D eigenvalue weighted by Gasteiger charge is 2.50. The molecule has 1 spiro atoms. The van der Waals surface area contributed by atoms with E-state index in [1.54, 1.807) is 0 Å². The van der Waals surface area contributed by atoms with Crippen LogP contribution in [0, 0.1) is 20.8 Å². The molecule has 1 aliphatic carbocycles. The topological polar surface area (TPSA) is 64.6 Å². The summed E-state index contributed by atoms with van der Waals surface area (Å²) in [5.74, 6) is 0.0945. The molecule has 1 aromatic carbocycles. The highest BCUT2D eigenvalue weighted by atomic mass is 16.5. The summed E-state index contributed by atoms with van der Waals surface area (Å²) in [4.78, 5) is 25.6. The van der Waals surface area contributed by atoms with Crippen LogP contribution in [0.25, 0.3) is 5.57 Å². The molecule has 158 valence electrons. The average molecular weight is 400 g/mol. The van der Waals surface area contributed by atoms with Crippen molar-refractivity contribution in [1.29, 1.82) is 0 Å². The van der Waals surface area contributed by atoms with Crippen molar-refractivity contribution in [2.24, 2.45) is 0 Å². The van der Waals surface area contributed by atoms with Gasteiger partial charge in [0.25, 0.3) is 5.91 Å². The van der Waals surface area contributed by atoms with Gasteiger partial charge in [0, 0.05) is 13.0 Å². The van der Waals surface area contributed by atoms with E-state index in [4.69, 9.17) is 9.47 Å². The Balaban J connectivity index is 2.06. The Morgan fingerprint density at radius 1 is 1.10 bits per heavy atom. The minimum Gasteiger partial charge on any atom is -0.428 e. The molecule has 1 amide bonds. The summed E-state index contributed by atoms with van der Waals surface area (Å²) in [6.07, 6.45) is 4.35. The predicted molar refractivity (Wildman–Crippen MR) is 113 cm³/mol. The van der Waals surface area contributed by atoms with Gasteiger partial charge in [-0.2, -0.15) is 0 Å². The number of ether oxygens (including phenoxy) is 2. The lowest BCUT2D eigenvalue weighted by Crippen LogP contribution is -2.49. The van der Waals surface area contributed by atoms with Gasteiger partial charge in [-0.1, -0.05) is 19.1 Å². The van der Waals surface area contributed by atoms with Crippen molar-refractivity contribution in [3.63, 3.8) is 0 Å². The lowest BCUT2D eigenvalue weighted by atomic mass is 9.79. The van der Waals surface area contributed by atoms with Crippen LogP contribution in [0.15, 0.2) is 17.9 Å². The number of rotatable bonds is 6. The molecule has 0 unspecified atom stereocenters. The highest BCUT2D eigenvalue weighted by molar-refractivity contribution is 6.24. The van der Waals surface area contributed by atoms with Crippen molar-refractivity contribution < 1.29 is 19.1 Å². The maximum atomic E-state index is 13.2. The summed E-state index contributed by atoms with van der Waals surface area (Å²) < 4.78 is 11.7. The summed E-state index contributed by atoms with van der Waals surface area (Å²) in [7, 11) is 0. The molecule has 1 aromatic rings. The molecule has 1 N–H and O–H groups in total. The van der Waals surface area contributed by atoms with Crippen LogP contribution in [0.4, 0.5) is 0 Å². The van der Waals surface area contributed by atoms with Gasteiger partial charge in [-0.05, 0) is 82.1 Å². The summed E-state index contributed by atoms with van der Waals surface area (Å²) in [6, 6.07) is 4.13. The van der Waals surface area contributed by atoms with E-state index in [0.717, 1.165) is 29.5 Å². The molecule has 3 rings (SSSR count). The Morgan fingerprint density at radius 2 is 1.76 bits per heavy atom. The maximum Gasteiger partial charge on any atom is 0.310 e. The smallest absolute Gasteiger partial charge is 0.310 e. The van der Waals surface area contributed by atoms with Crippen LogP contribution < -0.4 is 5.32 Å². The van der Waals surface area contributed by atoms with Gasteiger partial charge < -0.3 is 14.8 Å². The molecule has 1 saturated carbocycles. The van der Waals surface area contributed by atoms with E-state index in [0.29, 0.717) is 43.6 Å². The Morgan fingerprint density at radius 3 is 2.38 bits per heavy atom. The monoisotopic (exact) mass is 399 g/mol. The van der Waals surface area contributed by atoms with Gasteiger partial charge in [0.2, 0.25) is 0 Å². The van der Waals surface area contributed by atoms with E-state index in [-0.39, 0.29) is 18.0 Å². The molecule has 29 heavy (non-hydrogen) atoms. The Labute approximate surface area is 173 Å². The van der Waals surface area contributed by atoms with Gasteiger partial charge in [-0.3, -0.25) is 9.59 Å². The maximum absolute atomic E-state index is 13.2. The fraction of sp³-hybridized carbons (Fsp3) is 0.583. The lowest BCUT2D eigenvalue weighted by Gasteiger charge is -2.38. The molecular weight excluding hydrogens is 366 g/mol. The zero-order chi connectivity index (χ0) is 21.2. The van der Waals surface area contributed by atoms with Crippen LogP contribution in [0.3, 0.4) is 0 Å². The molecule has 5 heteroatoms. The summed E-state index contributed by atoms with van der Waals surface area (Å²) >= 11 is 0. The van der Waals surface area contributed by atoms with Gasteiger partial charge in [-0.15, -0.1) is 0 Å². The number of benzene rings is 1. The van der Waals surface area contributed by atoms with Gasteiger partial charge in [0.1, 0.15) is 5.76 Å². The van der Waals surface area contributed by atoms with E-state index in [1.807, 2.05) is 33.8 Å². The molecule has 0 atom stereocenters. The van der Waals surface area contributed by atoms with Gasteiger partial charge in [0.05, 0.1) is 17.2 Å². The quantitative estimate of drug-likeness (QED) is 0.715. The lowest BCUT2D eigenvalue weighted by molar-refractivity contribution is -0.141. The van der Waals surface area contributed by atoms with E-state index in [1.165, 1.54) is 5.56 Å². The minimum atomic E-state index is -0.616. The second-order valence-electron chi connectivity index (χ2n) is 8.37. The Bertz CT molecular complexity index is 832. The van der Waals surface area contributed by atoms with Gasteiger partial charge in [-0.25, -0.2) is 0 Å². The zero-order valence-electron chi connectivity index (χ0n) is 18.3. The number of carbonyl (C=O) groups is 2. The number of carbonyl (C=O) groups excluding carboxylic acids is 2. The second-order valence-corrected chi connectivity index (χ2v) is 8.37. The standard InChI is InChI=1S/C24H33NO4/c1-6-8-20(26)29-22-21(19-14-16(4)15(3)13-17(19)5)23(27)25-24(22)11-9-18(10-12-24)28-7-2/h13-14,18H,6-12H2,1-5H3,(H,25,27). The van der Waals surface area contributed by atoms with Crippen molar-refractivity contribution in [2.75, 3.05) is 6.61 Å². The molecule has 5 nitrogen and oxygen atoms in total. The minimum absolute atomic E-state index is 0.148. The largest absolute Gasteiger partial charge is 0.428 e. The summed E-state index contributed by atoms with van der Waals surface area (Å²) in [5.41, 5.74) is 4.07. The molecule has 0 saturated heterocycles. The van der Waals surface area contributed by atoms with Crippen LogP contribution >= 0.6 is 0 Å². The molecule has 0 bridgehead atoms. The number of esters is 1. The zero-order valence-corrected chi connectivity index (χ0v) is 18.3. The molecule has 0 aromatic heterocycles. The van der Waals surface area contributed by atoms with Gasteiger partial charge >= 0.3 is 5.97 Å². The number of hydrogen-bond acceptors (Lipinski definition) is 4. The van der Waals surface area contributed by atoms with E-state index in [9.17, 15) is 9.59 Å². The first kappa shape index (κ1) is 21.6. The molecule has 1 fully saturated rings. The fourth-order valence-electron chi connectivity index (χ4n) is 4.51. The molecule has 1 heterocycles. The molecular formula is C24H33NO4. The van der Waals surface area contributed by atoms with Crippen molar-refractivity contribution in [2.45, 2.75) is 84.8 Å². The van der Waals surface area contributed by atoms with E-state index < -0.39 is 5.54 Å². The van der Waals surface area contributed by atoms with Crippen LogP contribution in [0.2, 0.25) is 0 Å². The van der Waals surface area contributed by atoms with Crippen LogP contribution in [-0.2, 0) is 19.1 Å². The first-order valence-corrected chi connectivity index (χ1v) is 10.8. The third kappa shape index (κ3) is 4.25. The Hall–Kier alpha value is -2.14. The molecule has 1 aliphatic heterocycles. The number of hydrogen-bond donors (Lipinski definition) is 1. The summed E-state index contributed by atoms with van der Waals surface area (Å²) in [5, 5.41) is 3.19. The van der Waals surface area contributed by atoms with Crippen molar-refractivity contribution >= 4 is 17.4 Å². The summed E-state index contributed by atoms with van der Waals surface area (Å²) in [6.45, 7) is 10.7. The molecule has 0 radical (unpaired) electrons. The normalized spacial score (nSPS) is 24.2. The van der Waals surface area contributed by atoms with Crippen molar-refractivity contribution in [3.8, 4) is 0 Å².